The van der Waals surface area contributed by atoms with Crippen LogP contribution in [-0.4, -0.2) is 24.7 Å². The van der Waals surface area contributed by atoms with Crippen LogP contribution in [-0.2, 0) is 0 Å². The van der Waals surface area contributed by atoms with Crippen molar-refractivity contribution in [2.45, 2.75) is 0 Å². The van der Waals surface area contributed by atoms with Crippen LogP contribution in [0.2, 0.25) is 0 Å². The van der Waals surface area contributed by atoms with Crippen LogP contribution >= 0.6 is 0 Å². The highest BCUT2D eigenvalue weighted by Gasteiger charge is 2.09. The number of pyridine rings is 2. The monoisotopic (exact) mass is 333 g/mol. The zero-order valence-electron chi connectivity index (χ0n) is 12.8. The van der Waals surface area contributed by atoms with Crippen molar-refractivity contribution in [2.75, 3.05) is 0 Å². The van der Waals surface area contributed by atoms with Crippen molar-refractivity contribution < 1.29 is 9.66 Å². The van der Waals surface area contributed by atoms with Crippen LogP contribution < -0.4 is 4.74 Å². The highest BCUT2D eigenvalue weighted by atomic mass is 16.6. The van der Waals surface area contributed by atoms with Crippen LogP contribution in [0.3, 0.4) is 0 Å². The molecule has 0 saturated heterocycles. The van der Waals surface area contributed by atoms with Crippen molar-refractivity contribution in [3.63, 3.8) is 0 Å². The molecule has 25 heavy (non-hydrogen) atoms. The lowest BCUT2D eigenvalue weighted by atomic mass is 10.2. The molecular formula is C17H11N5O3. The van der Waals surface area contributed by atoms with E-state index in [0.717, 1.165) is 22.8 Å². The van der Waals surface area contributed by atoms with Gasteiger partial charge in [0.2, 0.25) is 5.88 Å². The zero-order valence-corrected chi connectivity index (χ0v) is 12.8. The second-order valence-corrected chi connectivity index (χ2v) is 5.20. The minimum atomic E-state index is -0.504. The minimum absolute atomic E-state index is 0.0828. The molecule has 8 heteroatoms. The third-order valence-corrected chi connectivity index (χ3v) is 3.58. The molecule has 0 spiro atoms. The summed E-state index contributed by atoms with van der Waals surface area (Å²) in [7, 11) is 0. The summed E-state index contributed by atoms with van der Waals surface area (Å²) in [6.07, 6.45) is 6.34. The largest absolute Gasteiger partial charge is 0.439 e. The fourth-order valence-corrected chi connectivity index (χ4v) is 2.42. The predicted octanol–water partition coefficient (Wildman–Crippen LogP) is 3.52. The van der Waals surface area contributed by atoms with E-state index in [2.05, 4.69) is 15.1 Å². The fourth-order valence-electron chi connectivity index (χ4n) is 2.42. The van der Waals surface area contributed by atoms with E-state index in [9.17, 15) is 10.1 Å². The van der Waals surface area contributed by atoms with Crippen molar-refractivity contribution in [2.24, 2.45) is 0 Å². The average molecular weight is 333 g/mol. The molecule has 8 nitrogen and oxygen atoms in total. The molecule has 0 aliphatic heterocycles. The quantitative estimate of drug-likeness (QED) is 0.419. The molecule has 0 radical (unpaired) electrons. The molecule has 0 atom stereocenters. The van der Waals surface area contributed by atoms with Gasteiger partial charge in [-0.25, -0.2) is 9.67 Å². The summed E-state index contributed by atoms with van der Waals surface area (Å²) in [5, 5.41) is 15.9. The summed E-state index contributed by atoms with van der Waals surface area (Å²) in [6.45, 7) is 0. The van der Waals surface area contributed by atoms with E-state index < -0.39 is 4.92 Å². The molecular weight excluding hydrogens is 322 g/mol. The smallest absolute Gasteiger partial charge is 0.287 e. The third kappa shape index (κ3) is 2.88. The molecule has 3 aromatic heterocycles. The van der Waals surface area contributed by atoms with Crippen molar-refractivity contribution in [3.05, 3.63) is 77.4 Å². The van der Waals surface area contributed by atoms with Gasteiger partial charge < -0.3 is 4.74 Å². The van der Waals surface area contributed by atoms with Gasteiger partial charge in [0.15, 0.2) is 0 Å². The minimum Gasteiger partial charge on any atom is -0.439 e. The molecule has 4 rings (SSSR count). The van der Waals surface area contributed by atoms with Gasteiger partial charge in [0.1, 0.15) is 11.9 Å². The Morgan fingerprint density at radius 3 is 2.72 bits per heavy atom. The zero-order chi connectivity index (χ0) is 17.2. The van der Waals surface area contributed by atoms with Gasteiger partial charge in [-0.2, -0.15) is 5.10 Å². The Labute approximate surface area is 141 Å². The summed E-state index contributed by atoms with van der Waals surface area (Å²) >= 11 is 0. The normalized spacial score (nSPS) is 10.7. The van der Waals surface area contributed by atoms with Crippen LogP contribution in [0.25, 0.3) is 16.6 Å². The van der Waals surface area contributed by atoms with Gasteiger partial charge in [-0.05, 0) is 30.3 Å². The van der Waals surface area contributed by atoms with Crippen LogP contribution in [0.15, 0.2) is 67.3 Å². The predicted molar refractivity (Wildman–Crippen MR) is 89.8 cm³/mol. The molecule has 0 aliphatic carbocycles. The molecule has 0 saturated carbocycles. The standard InChI is InChI=1S/C17H11N5O3/c23-22(24)14-3-6-17(19-11-14)25-15-4-5-16-12(8-15)9-20-21(16)13-2-1-7-18-10-13/h1-11H. The second-order valence-electron chi connectivity index (χ2n) is 5.20. The molecule has 122 valence electrons. The average Bonchev–Trinajstić information content (AvgIpc) is 3.06. The molecule has 0 unspecified atom stereocenters. The number of rotatable bonds is 4. The number of ether oxygens (including phenoxy) is 1. The molecule has 0 aliphatic rings. The van der Waals surface area contributed by atoms with Crippen LogP contribution in [0.4, 0.5) is 5.69 Å². The highest BCUT2D eigenvalue weighted by Crippen LogP contribution is 2.26. The Hall–Kier alpha value is -3.81. The SMILES string of the molecule is O=[N+]([O-])c1ccc(Oc2ccc3c(cnn3-c3cccnc3)c2)nc1. The van der Waals surface area contributed by atoms with Gasteiger partial charge in [0.05, 0.1) is 28.5 Å². The topological polar surface area (TPSA) is 96.0 Å². The third-order valence-electron chi connectivity index (χ3n) is 3.58. The van der Waals surface area contributed by atoms with Gasteiger partial charge in [-0.15, -0.1) is 0 Å². The van der Waals surface area contributed by atoms with Crippen molar-refractivity contribution >= 4 is 16.6 Å². The Balaban J connectivity index is 1.63. The molecule has 0 amide bonds. The highest BCUT2D eigenvalue weighted by molar-refractivity contribution is 5.81. The van der Waals surface area contributed by atoms with Gasteiger partial charge >= 0.3 is 0 Å². The van der Waals surface area contributed by atoms with Crippen LogP contribution in [0.5, 0.6) is 11.6 Å². The van der Waals surface area contributed by atoms with Crippen molar-refractivity contribution in [1.82, 2.24) is 19.7 Å². The Kier molecular flexibility index (Phi) is 3.55. The number of benzene rings is 1. The Bertz CT molecular complexity index is 1050. The summed E-state index contributed by atoms with van der Waals surface area (Å²) in [6, 6.07) is 12.1. The van der Waals surface area contributed by atoms with Crippen molar-refractivity contribution in [1.29, 1.82) is 0 Å². The Morgan fingerprint density at radius 2 is 2.00 bits per heavy atom. The van der Waals surface area contributed by atoms with E-state index in [0.29, 0.717) is 5.75 Å². The van der Waals surface area contributed by atoms with Gasteiger partial charge in [0, 0.05) is 23.7 Å². The molecule has 1 aromatic carbocycles. The number of aromatic nitrogens is 4. The molecule has 0 N–H and O–H groups in total. The maximum Gasteiger partial charge on any atom is 0.287 e. The lowest BCUT2D eigenvalue weighted by Gasteiger charge is -2.05. The number of fused-ring (bicyclic) bond motifs is 1. The first kappa shape index (κ1) is 14.8. The van der Waals surface area contributed by atoms with E-state index in [1.165, 1.54) is 12.1 Å². The number of nitrogens with zero attached hydrogens (tertiary/aromatic N) is 5. The maximum absolute atomic E-state index is 10.6. The van der Waals surface area contributed by atoms with Crippen LogP contribution in [0, 0.1) is 10.1 Å². The number of nitro groups is 1. The summed E-state index contributed by atoms with van der Waals surface area (Å²) in [5.74, 6) is 0.851. The molecule has 4 aromatic rings. The lowest BCUT2D eigenvalue weighted by Crippen LogP contribution is -1.96. The first-order valence-corrected chi connectivity index (χ1v) is 7.37. The first-order chi connectivity index (χ1) is 12.2. The summed E-state index contributed by atoms with van der Waals surface area (Å²) < 4.78 is 7.44. The van der Waals surface area contributed by atoms with E-state index in [-0.39, 0.29) is 11.6 Å². The van der Waals surface area contributed by atoms with Gasteiger partial charge in [-0.3, -0.25) is 15.1 Å². The number of hydrogen-bond acceptors (Lipinski definition) is 6. The fraction of sp³-hybridized carbons (Fsp3) is 0. The van der Waals surface area contributed by atoms with Crippen LogP contribution in [0.1, 0.15) is 0 Å². The number of hydrogen-bond donors (Lipinski definition) is 0. The van der Waals surface area contributed by atoms with E-state index in [1.54, 1.807) is 29.3 Å². The van der Waals surface area contributed by atoms with Gasteiger partial charge in [0.25, 0.3) is 5.69 Å². The second kappa shape index (κ2) is 6.00. The molecule has 3 heterocycles. The first-order valence-electron chi connectivity index (χ1n) is 7.37. The van der Waals surface area contributed by atoms with E-state index in [4.69, 9.17) is 4.74 Å². The lowest BCUT2D eigenvalue weighted by molar-refractivity contribution is -0.385. The van der Waals surface area contributed by atoms with Gasteiger partial charge in [-0.1, -0.05) is 0 Å². The summed E-state index contributed by atoms with van der Waals surface area (Å²) in [5.41, 5.74) is 1.70. The molecule has 0 fully saturated rings. The van der Waals surface area contributed by atoms with Crippen molar-refractivity contribution in [3.8, 4) is 17.3 Å². The summed E-state index contributed by atoms with van der Waals surface area (Å²) in [4.78, 5) is 18.2. The van der Waals surface area contributed by atoms with E-state index >= 15 is 0 Å². The maximum atomic E-state index is 10.6. The Morgan fingerprint density at radius 1 is 1.08 bits per heavy atom. The molecule has 0 bridgehead atoms. The van der Waals surface area contributed by atoms with E-state index in [1.807, 2.05) is 24.3 Å².